The van der Waals surface area contributed by atoms with E-state index in [1.807, 2.05) is 43.3 Å². The van der Waals surface area contributed by atoms with Crippen molar-refractivity contribution < 1.29 is 19.1 Å². The van der Waals surface area contributed by atoms with Crippen molar-refractivity contribution in [1.29, 1.82) is 0 Å². The van der Waals surface area contributed by atoms with E-state index < -0.39 is 0 Å². The molecule has 2 aromatic carbocycles. The lowest BCUT2D eigenvalue weighted by molar-refractivity contribution is -0.144. The number of nitrogens with one attached hydrogen (secondary N) is 2. The zero-order valence-corrected chi connectivity index (χ0v) is 17.3. The molecule has 1 aliphatic rings. The van der Waals surface area contributed by atoms with Gasteiger partial charge in [-0.3, -0.25) is 14.4 Å². The maximum absolute atomic E-state index is 12.2. The van der Waals surface area contributed by atoms with Crippen LogP contribution in [0.4, 0.5) is 11.4 Å². The number of esters is 1. The summed E-state index contributed by atoms with van der Waals surface area (Å²) in [6.07, 6.45) is 3.55. The van der Waals surface area contributed by atoms with E-state index in [1.54, 1.807) is 12.1 Å². The number of carbonyl (C=O) groups is 3. The minimum absolute atomic E-state index is 0.0246. The van der Waals surface area contributed by atoms with Gasteiger partial charge in [0.1, 0.15) is 0 Å². The summed E-state index contributed by atoms with van der Waals surface area (Å²) >= 11 is 0. The SMILES string of the molecule is Cc1ccc(NC(=O)CCC(=O)OCCCc2ccccc2)cc1NC(=O)C1CC1. The minimum Gasteiger partial charge on any atom is -0.466 e. The van der Waals surface area contributed by atoms with E-state index in [1.165, 1.54) is 5.56 Å². The fraction of sp³-hybridized carbons (Fsp3) is 0.375. The summed E-state index contributed by atoms with van der Waals surface area (Å²) in [5.74, 6) is -0.503. The van der Waals surface area contributed by atoms with E-state index >= 15 is 0 Å². The molecule has 1 fully saturated rings. The number of carbonyl (C=O) groups excluding carboxylic acids is 3. The predicted octanol–water partition coefficient (Wildman–Crippen LogP) is 4.24. The first kappa shape index (κ1) is 21.6. The van der Waals surface area contributed by atoms with Crippen molar-refractivity contribution in [3.8, 4) is 0 Å². The molecule has 2 aromatic rings. The van der Waals surface area contributed by atoms with Crippen LogP contribution >= 0.6 is 0 Å². The highest BCUT2D eigenvalue weighted by atomic mass is 16.5. The number of hydrogen-bond donors (Lipinski definition) is 2. The summed E-state index contributed by atoms with van der Waals surface area (Å²) in [6.45, 7) is 2.25. The normalized spacial score (nSPS) is 12.8. The van der Waals surface area contributed by atoms with Gasteiger partial charge in [0, 0.05) is 23.7 Å². The van der Waals surface area contributed by atoms with Gasteiger partial charge in [-0.2, -0.15) is 0 Å². The van der Waals surface area contributed by atoms with Gasteiger partial charge < -0.3 is 15.4 Å². The topological polar surface area (TPSA) is 84.5 Å². The summed E-state index contributed by atoms with van der Waals surface area (Å²) in [5.41, 5.74) is 3.43. The molecule has 0 aromatic heterocycles. The molecule has 2 N–H and O–H groups in total. The minimum atomic E-state index is -0.375. The molecule has 0 aliphatic heterocycles. The van der Waals surface area contributed by atoms with Crippen molar-refractivity contribution in [2.24, 2.45) is 5.92 Å². The monoisotopic (exact) mass is 408 g/mol. The Hall–Kier alpha value is -3.15. The summed E-state index contributed by atoms with van der Waals surface area (Å²) in [7, 11) is 0. The molecule has 0 unspecified atom stereocenters. The molecule has 0 heterocycles. The van der Waals surface area contributed by atoms with Crippen LogP contribution in [-0.2, 0) is 25.5 Å². The standard InChI is InChI=1S/C24H28N2O4/c1-17-9-12-20(16-21(17)26-24(29)19-10-11-19)25-22(27)13-14-23(28)30-15-5-8-18-6-3-2-4-7-18/h2-4,6-7,9,12,16,19H,5,8,10-11,13-15H2,1H3,(H,25,27)(H,26,29). The van der Waals surface area contributed by atoms with Gasteiger partial charge in [0.25, 0.3) is 0 Å². The van der Waals surface area contributed by atoms with E-state index in [0.717, 1.165) is 31.2 Å². The highest BCUT2D eigenvalue weighted by molar-refractivity contribution is 5.97. The number of amides is 2. The van der Waals surface area contributed by atoms with Gasteiger partial charge >= 0.3 is 5.97 Å². The lowest BCUT2D eigenvalue weighted by Gasteiger charge is -2.11. The van der Waals surface area contributed by atoms with Gasteiger partial charge in [-0.1, -0.05) is 36.4 Å². The molecule has 0 spiro atoms. The van der Waals surface area contributed by atoms with Crippen LogP contribution in [0.15, 0.2) is 48.5 Å². The summed E-state index contributed by atoms with van der Waals surface area (Å²) in [4.78, 5) is 36.0. The van der Waals surface area contributed by atoms with E-state index in [4.69, 9.17) is 4.74 Å². The number of anilines is 2. The zero-order chi connectivity index (χ0) is 21.3. The quantitative estimate of drug-likeness (QED) is 0.455. The van der Waals surface area contributed by atoms with Crippen LogP contribution in [0.3, 0.4) is 0 Å². The van der Waals surface area contributed by atoms with Gasteiger partial charge in [-0.05, 0) is 55.9 Å². The Morgan fingerprint density at radius 3 is 2.50 bits per heavy atom. The fourth-order valence-electron chi connectivity index (χ4n) is 3.03. The molecule has 2 amide bonds. The lowest BCUT2D eigenvalue weighted by atomic mass is 10.1. The average Bonchev–Trinajstić information content (AvgIpc) is 3.58. The first-order valence-electron chi connectivity index (χ1n) is 10.4. The average molecular weight is 408 g/mol. The van der Waals surface area contributed by atoms with Gasteiger partial charge in [0.15, 0.2) is 0 Å². The van der Waals surface area contributed by atoms with Gasteiger partial charge in [0.2, 0.25) is 11.8 Å². The molecule has 3 rings (SSSR count). The Bertz CT molecular complexity index is 891. The maximum atomic E-state index is 12.2. The Morgan fingerprint density at radius 1 is 1.00 bits per heavy atom. The van der Waals surface area contributed by atoms with Crippen molar-refractivity contribution in [2.45, 2.75) is 45.4 Å². The molecule has 1 aliphatic carbocycles. The highest BCUT2D eigenvalue weighted by Crippen LogP contribution is 2.31. The number of hydrogen-bond acceptors (Lipinski definition) is 4. The van der Waals surface area contributed by atoms with Crippen LogP contribution < -0.4 is 10.6 Å². The van der Waals surface area contributed by atoms with E-state index in [-0.39, 0.29) is 36.5 Å². The van der Waals surface area contributed by atoms with Crippen LogP contribution in [0, 0.1) is 12.8 Å². The molecule has 0 radical (unpaired) electrons. The number of benzene rings is 2. The Morgan fingerprint density at radius 2 is 1.77 bits per heavy atom. The molecule has 0 atom stereocenters. The van der Waals surface area contributed by atoms with Gasteiger partial charge in [0.05, 0.1) is 13.0 Å². The fourth-order valence-corrected chi connectivity index (χ4v) is 3.03. The summed E-state index contributed by atoms with van der Waals surface area (Å²) in [6, 6.07) is 15.4. The Kier molecular flexibility index (Phi) is 7.60. The third-order valence-electron chi connectivity index (χ3n) is 5.00. The molecular formula is C24H28N2O4. The zero-order valence-electron chi connectivity index (χ0n) is 17.3. The van der Waals surface area contributed by atoms with Crippen LogP contribution in [-0.4, -0.2) is 24.4 Å². The molecule has 0 saturated heterocycles. The van der Waals surface area contributed by atoms with Crippen LogP contribution in [0.1, 0.15) is 43.2 Å². The van der Waals surface area contributed by atoms with Gasteiger partial charge in [-0.25, -0.2) is 0 Å². The van der Waals surface area contributed by atoms with E-state index in [2.05, 4.69) is 10.6 Å². The van der Waals surface area contributed by atoms with Crippen molar-refractivity contribution >= 4 is 29.2 Å². The number of ether oxygens (including phenoxy) is 1. The molecule has 1 saturated carbocycles. The highest BCUT2D eigenvalue weighted by Gasteiger charge is 2.29. The predicted molar refractivity (Wildman–Crippen MR) is 116 cm³/mol. The molecule has 6 heteroatoms. The molecule has 6 nitrogen and oxygen atoms in total. The number of aryl methyl sites for hydroxylation is 2. The number of rotatable bonds is 10. The lowest BCUT2D eigenvalue weighted by Crippen LogP contribution is -2.16. The molecule has 158 valence electrons. The second kappa shape index (κ2) is 10.6. The van der Waals surface area contributed by atoms with E-state index in [9.17, 15) is 14.4 Å². The van der Waals surface area contributed by atoms with Crippen molar-refractivity contribution in [1.82, 2.24) is 0 Å². The van der Waals surface area contributed by atoms with Gasteiger partial charge in [-0.15, -0.1) is 0 Å². The van der Waals surface area contributed by atoms with E-state index in [0.29, 0.717) is 18.0 Å². The molecule has 0 bridgehead atoms. The third kappa shape index (κ3) is 7.03. The second-order valence-corrected chi connectivity index (χ2v) is 7.65. The largest absolute Gasteiger partial charge is 0.466 e. The van der Waals surface area contributed by atoms with Crippen molar-refractivity contribution in [3.05, 3.63) is 59.7 Å². The van der Waals surface area contributed by atoms with Crippen molar-refractivity contribution in [2.75, 3.05) is 17.2 Å². The molecule has 30 heavy (non-hydrogen) atoms. The second-order valence-electron chi connectivity index (χ2n) is 7.65. The smallest absolute Gasteiger partial charge is 0.306 e. The summed E-state index contributed by atoms with van der Waals surface area (Å²) in [5, 5.41) is 5.69. The third-order valence-corrected chi connectivity index (χ3v) is 5.00. The van der Waals surface area contributed by atoms with Crippen LogP contribution in [0.5, 0.6) is 0 Å². The summed E-state index contributed by atoms with van der Waals surface area (Å²) < 4.78 is 5.20. The molecular weight excluding hydrogens is 380 g/mol. The van der Waals surface area contributed by atoms with Crippen molar-refractivity contribution in [3.63, 3.8) is 0 Å². The van der Waals surface area contributed by atoms with Crippen LogP contribution in [0.2, 0.25) is 0 Å². The maximum Gasteiger partial charge on any atom is 0.306 e. The Balaban J connectivity index is 1.36. The Labute approximate surface area is 177 Å². The van der Waals surface area contributed by atoms with Crippen LogP contribution in [0.25, 0.3) is 0 Å². The first-order chi connectivity index (χ1) is 14.5. The first-order valence-corrected chi connectivity index (χ1v) is 10.4.